The first-order chi connectivity index (χ1) is 8.67. The van der Waals surface area contributed by atoms with E-state index in [1.807, 2.05) is 12.1 Å². The summed E-state index contributed by atoms with van der Waals surface area (Å²) in [6, 6.07) is 5.64. The summed E-state index contributed by atoms with van der Waals surface area (Å²) in [4.78, 5) is 14.0. The van der Waals surface area contributed by atoms with E-state index in [0.717, 1.165) is 25.2 Å². The molecular weight excluding hydrogens is 230 g/mol. The second-order valence-electron chi connectivity index (χ2n) is 4.69. The first kappa shape index (κ1) is 12.9. The van der Waals surface area contributed by atoms with Crippen molar-refractivity contribution < 1.29 is 14.6 Å². The third-order valence-corrected chi connectivity index (χ3v) is 3.46. The maximum absolute atomic E-state index is 11.8. The van der Waals surface area contributed by atoms with Gasteiger partial charge in [-0.3, -0.25) is 4.79 Å². The smallest absolute Gasteiger partial charge is 0.165 e. The molecule has 0 aliphatic carbocycles. The molecule has 0 amide bonds. The fourth-order valence-electron chi connectivity index (χ4n) is 2.51. The van der Waals surface area contributed by atoms with Gasteiger partial charge in [0.2, 0.25) is 0 Å². The minimum absolute atomic E-state index is 0.00917. The van der Waals surface area contributed by atoms with Crippen molar-refractivity contribution in [2.24, 2.45) is 5.92 Å². The SMILES string of the molecule is COc1cccc(N2CCC(CO)C2)c1C(C)=O. The van der Waals surface area contributed by atoms with E-state index in [0.29, 0.717) is 17.2 Å². The molecule has 1 aliphatic heterocycles. The number of carbonyl (C=O) groups is 1. The van der Waals surface area contributed by atoms with E-state index in [-0.39, 0.29) is 12.4 Å². The van der Waals surface area contributed by atoms with Crippen LogP contribution in [0.2, 0.25) is 0 Å². The molecular formula is C14H19NO3. The van der Waals surface area contributed by atoms with Crippen LogP contribution in [0.4, 0.5) is 5.69 Å². The molecule has 0 aromatic heterocycles. The van der Waals surface area contributed by atoms with Gasteiger partial charge in [0.15, 0.2) is 5.78 Å². The Hall–Kier alpha value is -1.55. The van der Waals surface area contributed by atoms with Crippen LogP contribution in [0.25, 0.3) is 0 Å². The molecule has 1 heterocycles. The lowest BCUT2D eigenvalue weighted by Crippen LogP contribution is -2.22. The van der Waals surface area contributed by atoms with Crippen LogP contribution in [-0.2, 0) is 0 Å². The van der Waals surface area contributed by atoms with Crippen LogP contribution in [0.15, 0.2) is 18.2 Å². The Balaban J connectivity index is 2.36. The molecule has 0 bridgehead atoms. The molecule has 0 saturated carbocycles. The van der Waals surface area contributed by atoms with E-state index in [9.17, 15) is 9.90 Å². The molecule has 98 valence electrons. The zero-order valence-electron chi connectivity index (χ0n) is 10.8. The lowest BCUT2D eigenvalue weighted by atomic mass is 10.1. The number of benzene rings is 1. The van der Waals surface area contributed by atoms with Gasteiger partial charge in [0, 0.05) is 25.6 Å². The molecule has 1 atom stereocenters. The lowest BCUT2D eigenvalue weighted by molar-refractivity contribution is 0.101. The maximum atomic E-state index is 11.8. The summed E-state index contributed by atoms with van der Waals surface area (Å²) in [6.07, 6.45) is 0.963. The molecule has 1 aromatic carbocycles. The van der Waals surface area contributed by atoms with Crippen molar-refractivity contribution in [3.63, 3.8) is 0 Å². The van der Waals surface area contributed by atoms with Gasteiger partial charge in [0.25, 0.3) is 0 Å². The van der Waals surface area contributed by atoms with Gasteiger partial charge in [-0.2, -0.15) is 0 Å². The second-order valence-corrected chi connectivity index (χ2v) is 4.69. The number of ketones is 1. The van der Waals surface area contributed by atoms with Crippen LogP contribution < -0.4 is 9.64 Å². The highest BCUT2D eigenvalue weighted by Gasteiger charge is 2.25. The number of nitrogens with zero attached hydrogens (tertiary/aromatic N) is 1. The normalized spacial score (nSPS) is 19.1. The number of rotatable bonds is 4. The first-order valence-corrected chi connectivity index (χ1v) is 6.21. The first-order valence-electron chi connectivity index (χ1n) is 6.21. The van der Waals surface area contributed by atoms with Crippen LogP contribution in [-0.4, -0.2) is 37.7 Å². The Morgan fingerprint density at radius 1 is 1.56 bits per heavy atom. The molecule has 18 heavy (non-hydrogen) atoms. The fourth-order valence-corrected chi connectivity index (χ4v) is 2.51. The highest BCUT2D eigenvalue weighted by atomic mass is 16.5. The minimum atomic E-state index is 0.00917. The number of hydrogen-bond donors (Lipinski definition) is 1. The van der Waals surface area contributed by atoms with Crippen LogP contribution >= 0.6 is 0 Å². The summed E-state index contributed by atoms with van der Waals surface area (Å²) in [7, 11) is 1.58. The quantitative estimate of drug-likeness (QED) is 0.825. The molecule has 2 rings (SSSR count). The van der Waals surface area contributed by atoms with Gasteiger partial charge < -0.3 is 14.7 Å². The Bertz CT molecular complexity index is 445. The fraction of sp³-hybridized carbons (Fsp3) is 0.500. The molecule has 1 aliphatic rings. The van der Waals surface area contributed by atoms with Crippen LogP contribution in [0.5, 0.6) is 5.75 Å². The van der Waals surface area contributed by atoms with Crippen molar-refractivity contribution in [2.45, 2.75) is 13.3 Å². The minimum Gasteiger partial charge on any atom is -0.496 e. The largest absolute Gasteiger partial charge is 0.496 e. The molecule has 1 N–H and O–H groups in total. The number of aliphatic hydroxyl groups excluding tert-OH is 1. The summed E-state index contributed by atoms with van der Waals surface area (Å²) in [5.74, 6) is 0.929. The number of anilines is 1. The topological polar surface area (TPSA) is 49.8 Å². The van der Waals surface area contributed by atoms with Crippen molar-refractivity contribution in [1.29, 1.82) is 0 Å². The maximum Gasteiger partial charge on any atom is 0.165 e. The van der Waals surface area contributed by atoms with Crippen molar-refractivity contribution in [2.75, 3.05) is 31.7 Å². The molecule has 1 aromatic rings. The van der Waals surface area contributed by atoms with E-state index in [4.69, 9.17) is 4.74 Å². The predicted octanol–water partition coefficient (Wildman–Crippen LogP) is 1.72. The number of Topliss-reactive ketones (excluding diaryl/α,β-unsaturated/α-hetero) is 1. The second kappa shape index (κ2) is 5.40. The predicted molar refractivity (Wildman–Crippen MR) is 70.4 cm³/mol. The van der Waals surface area contributed by atoms with Crippen LogP contribution in [0, 0.1) is 5.92 Å². The molecule has 4 heteroatoms. The Kier molecular flexibility index (Phi) is 3.87. The molecule has 1 fully saturated rings. The Morgan fingerprint density at radius 2 is 2.33 bits per heavy atom. The third kappa shape index (κ3) is 2.34. The monoisotopic (exact) mass is 249 g/mol. The van der Waals surface area contributed by atoms with Crippen molar-refractivity contribution in [3.8, 4) is 5.75 Å². The average molecular weight is 249 g/mol. The zero-order valence-corrected chi connectivity index (χ0v) is 10.8. The van der Waals surface area contributed by atoms with Crippen molar-refractivity contribution in [1.82, 2.24) is 0 Å². The van der Waals surface area contributed by atoms with Crippen molar-refractivity contribution >= 4 is 11.5 Å². The van der Waals surface area contributed by atoms with Gasteiger partial charge in [0.05, 0.1) is 18.4 Å². The number of methoxy groups -OCH3 is 1. The Morgan fingerprint density at radius 3 is 2.89 bits per heavy atom. The van der Waals surface area contributed by atoms with Crippen molar-refractivity contribution in [3.05, 3.63) is 23.8 Å². The molecule has 1 unspecified atom stereocenters. The van der Waals surface area contributed by atoms with E-state index in [2.05, 4.69) is 4.90 Å². The number of aliphatic hydroxyl groups is 1. The molecule has 0 radical (unpaired) electrons. The van der Waals surface area contributed by atoms with Gasteiger partial charge in [-0.05, 0) is 25.5 Å². The van der Waals surface area contributed by atoms with E-state index < -0.39 is 0 Å². The molecule has 1 saturated heterocycles. The van der Waals surface area contributed by atoms with E-state index in [1.54, 1.807) is 20.1 Å². The third-order valence-electron chi connectivity index (χ3n) is 3.46. The van der Waals surface area contributed by atoms with Gasteiger partial charge in [-0.1, -0.05) is 6.07 Å². The zero-order chi connectivity index (χ0) is 13.1. The van der Waals surface area contributed by atoms with Gasteiger partial charge >= 0.3 is 0 Å². The summed E-state index contributed by atoms with van der Waals surface area (Å²) in [5, 5.41) is 9.19. The van der Waals surface area contributed by atoms with Crippen LogP contribution in [0.1, 0.15) is 23.7 Å². The number of carbonyl (C=O) groups excluding carboxylic acids is 1. The Labute approximate surface area is 107 Å². The van der Waals surface area contributed by atoms with Gasteiger partial charge in [-0.15, -0.1) is 0 Å². The van der Waals surface area contributed by atoms with Crippen LogP contribution in [0.3, 0.4) is 0 Å². The average Bonchev–Trinajstić information content (AvgIpc) is 2.86. The van der Waals surface area contributed by atoms with E-state index >= 15 is 0 Å². The summed E-state index contributed by atoms with van der Waals surface area (Å²) < 4.78 is 5.26. The number of hydrogen-bond acceptors (Lipinski definition) is 4. The summed E-state index contributed by atoms with van der Waals surface area (Å²) in [5.41, 5.74) is 1.55. The standard InChI is InChI=1S/C14H19NO3/c1-10(17)14-12(4-3-5-13(14)18-2)15-7-6-11(8-15)9-16/h3-5,11,16H,6-9H2,1-2H3. The van der Waals surface area contributed by atoms with E-state index in [1.165, 1.54) is 0 Å². The number of ether oxygens (including phenoxy) is 1. The molecule has 4 nitrogen and oxygen atoms in total. The van der Waals surface area contributed by atoms with Gasteiger partial charge in [0.1, 0.15) is 5.75 Å². The lowest BCUT2D eigenvalue weighted by Gasteiger charge is -2.22. The van der Waals surface area contributed by atoms with Gasteiger partial charge in [-0.25, -0.2) is 0 Å². The summed E-state index contributed by atoms with van der Waals surface area (Å²) >= 11 is 0. The highest BCUT2D eigenvalue weighted by Crippen LogP contribution is 2.32. The highest BCUT2D eigenvalue weighted by molar-refractivity contribution is 6.02. The summed E-state index contributed by atoms with van der Waals surface area (Å²) in [6.45, 7) is 3.43. The molecule has 0 spiro atoms.